The van der Waals surface area contributed by atoms with Gasteiger partial charge in [-0.1, -0.05) is 24.6 Å². The summed E-state index contributed by atoms with van der Waals surface area (Å²) in [6, 6.07) is 7.09. The number of hydrogen-bond acceptors (Lipinski definition) is 2. The van der Waals surface area contributed by atoms with Crippen LogP contribution >= 0.6 is 0 Å². The van der Waals surface area contributed by atoms with Crippen molar-refractivity contribution in [3.63, 3.8) is 0 Å². The normalized spacial score (nSPS) is 17.5. The van der Waals surface area contributed by atoms with Gasteiger partial charge in [0.2, 0.25) is 0 Å². The predicted molar refractivity (Wildman–Crippen MR) is 74.6 cm³/mol. The van der Waals surface area contributed by atoms with Gasteiger partial charge in [-0.15, -0.1) is 0 Å². The first-order valence-electron chi connectivity index (χ1n) is 6.80. The molecule has 17 heavy (non-hydrogen) atoms. The van der Waals surface area contributed by atoms with Crippen LogP contribution in [0.4, 0.5) is 5.69 Å². The molecule has 0 saturated carbocycles. The molecule has 1 fully saturated rings. The highest BCUT2D eigenvalue weighted by Crippen LogP contribution is 2.26. The molecule has 94 valence electrons. The minimum absolute atomic E-state index is 0.290. The van der Waals surface area contributed by atoms with Crippen LogP contribution in [-0.4, -0.2) is 19.1 Å². The first-order chi connectivity index (χ1) is 8.20. The van der Waals surface area contributed by atoms with E-state index in [-0.39, 0.29) is 6.04 Å². The number of anilines is 1. The van der Waals surface area contributed by atoms with Crippen LogP contribution in [-0.2, 0) is 6.42 Å². The fraction of sp³-hybridized carbons (Fsp3) is 0.600. The summed E-state index contributed by atoms with van der Waals surface area (Å²) >= 11 is 0. The highest BCUT2D eigenvalue weighted by Gasteiger charge is 2.16. The molecular formula is C15H24N2. The average Bonchev–Trinajstić information content (AvgIpc) is 2.82. The van der Waals surface area contributed by atoms with Crippen molar-refractivity contribution in [1.29, 1.82) is 0 Å². The summed E-state index contributed by atoms with van der Waals surface area (Å²) in [7, 11) is 0. The van der Waals surface area contributed by atoms with E-state index in [0.29, 0.717) is 0 Å². The largest absolute Gasteiger partial charge is 0.371 e. The van der Waals surface area contributed by atoms with Crippen LogP contribution in [0.2, 0.25) is 0 Å². The summed E-state index contributed by atoms with van der Waals surface area (Å²) in [6.45, 7) is 6.74. The SMILES string of the molecule is CCC(N)Cc1cc(C)ccc1N1CCCC1. The van der Waals surface area contributed by atoms with Crippen LogP contribution < -0.4 is 10.6 Å². The Hall–Kier alpha value is -1.02. The second kappa shape index (κ2) is 5.54. The second-order valence-corrected chi connectivity index (χ2v) is 5.20. The zero-order valence-corrected chi connectivity index (χ0v) is 11.1. The molecule has 0 aliphatic carbocycles. The standard InChI is InChI=1S/C15H24N2/c1-3-14(16)11-13-10-12(2)6-7-15(13)17-8-4-5-9-17/h6-7,10,14H,3-5,8-9,11,16H2,1-2H3. The van der Waals surface area contributed by atoms with Gasteiger partial charge in [-0.3, -0.25) is 0 Å². The summed E-state index contributed by atoms with van der Waals surface area (Å²) in [5.41, 5.74) is 10.3. The van der Waals surface area contributed by atoms with Gasteiger partial charge in [-0.25, -0.2) is 0 Å². The fourth-order valence-electron chi connectivity index (χ4n) is 2.57. The lowest BCUT2D eigenvalue weighted by atomic mass is 10.0. The number of aryl methyl sites for hydroxylation is 1. The van der Waals surface area contributed by atoms with Gasteiger partial charge in [-0.2, -0.15) is 0 Å². The van der Waals surface area contributed by atoms with E-state index in [2.05, 4.69) is 36.9 Å². The van der Waals surface area contributed by atoms with Crippen molar-refractivity contribution in [3.05, 3.63) is 29.3 Å². The topological polar surface area (TPSA) is 29.3 Å². The number of nitrogens with zero attached hydrogens (tertiary/aromatic N) is 1. The van der Waals surface area contributed by atoms with Crippen molar-refractivity contribution in [2.24, 2.45) is 5.73 Å². The van der Waals surface area contributed by atoms with Crippen LogP contribution in [0.1, 0.15) is 37.3 Å². The highest BCUT2D eigenvalue weighted by molar-refractivity contribution is 5.55. The van der Waals surface area contributed by atoms with Crippen molar-refractivity contribution in [2.75, 3.05) is 18.0 Å². The van der Waals surface area contributed by atoms with E-state index in [9.17, 15) is 0 Å². The number of rotatable bonds is 4. The number of hydrogen-bond donors (Lipinski definition) is 1. The number of benzene rings is 1. The predicted octanol–water partition coefficient (Wildman–Crippen LogP) is 2.88. The van der Waals surface area contributed by atoms with Crippen molar-refractivity contribution in [3.8, 4) is 0 Å². The van der Waals surface area contributed by atoms with Crippen LogP contribution in [0.15, 0.2) is 18.2 Å². The van der Waals surface area contributed by atoms with Gasteiger partial charge in [0.25, 0.3) is 0 Å². The Labute approximate surface area is 105 Å². The third-order valence-corrected chi connectivity index (χ3v) is 3.69. The molecule has 1 unspecified atom stereocenters. The van der Waals surface area contributed by atoms with E-state index >= 15 is 0 Å². The van der Waals surface area contributed by atoms with Crippen molar-refractivity contribution < 1.29 is 0 Å². The van der Waals surface area contributed by atoms with Crippen LogP contribution in [0.25, 0.3) is 0 Å². The van der Waals surface area contributed by atoms with Gasteiger partial charge in [0, 0.05) is 24.8 Å². The second-order valence-electron chi connectivity index (χ2n) is 5.20. The van der Waals surface area contributed by atoms with Gasteiger partial charge < -0.3 is 10.6 Å². The quantitative estimate of drug-likeness (QED) is 0.865. The molecule has 0 amide bonds. The summed E-state index contributed by atoms with van der Waals surface area (Å²) < 4.78 is 0. The summed E-state index contributed by atoms with van der Waals surface area (Å²) in [6.07, 6.45) is 4.71. The first-order valence-corrected chi connectivity index (χ1v) is 6.80. The Morgan fingerprint density at radius 3 is 2.65 bits per heavy atom. The van der Waals surface area contributed by atoms with Gasteiger partial charge >= 0.3 is 0 Å². The lowest BCUT2D eigenvalue weighted by molar-refractivity contribution is 0.645. The van der Waals surface area contributed by atoms with Crippen molar-refractivity contribution in [1.82, 2.24) is 0 Å². The minimum Gasteiger partial charge on any atom is -0.371 e. The van der Waals surface area contributed by atoms with E-state index in [1.54, 1.807) is 0 Å². The van der Waals surface area contributed by atoms with Gasteiger partial charge in [-0.05, 0) is 44.2 Å². The van der Waals surface area contributed by atoms with E-state index in [0.717, 1.165) is 12.8 Å². The molecule has 2 heteroatoms. The maximum atomic E-state index is 6.10. The third kappa shape index (κ3) is 3.01. The zero-order chi connectivity index (χ0) is 12.3. The van der Waals surface area contributed by atoms with Crippen molar-refractivity contribution in [2.45, 2.75) is 45.6 Å². The molecule has 1 aliphatic heterocycles. The molecule has 2 rings (SSSR count). The van der Waals surface area contributed by atoms with Gasteiger partial charge in [0.05, 0.1) is 0 Å². The lowest BCUT2D eigenvalue weighted by Crippen LogP contribution is -2.25. The molecule has 0 spiro atoms. The van der Waals surface area contributed by atoms with E-state index < -0.39 is 0 Å². The van der Waals surface area contributed by atoms with E-state index in [4.69, 9.17) is 5.73 Å². The summed E-state index contributed by atoms with van der Waals surface area (Å²) in [4.78, 5) is 2.51. The zero-order valence-electron chi connectivity index (χ0n) is 11.1. The Bertz CT molecular complexity index is 367. The molecule has 1 aromatic rings. The molecule has 0 aromatic heterocycles. The average molecular weight is 232 g/mol. The molecule has 2 N–H and O–H groups in total. The Balaban J connectivity index is 2.23. The number of nitrogens with two attached hydrogens (primary N) is 1. The molecule has 1 atom stereocenters. The van der Waals surface area contributed by atoms with Crippen LogP contribution in [0.3, 0.4) is 0 Å². The lowest BCUT2D eigenvalue weighted by Gasteiger charge is -2.23. The highest BCUT2D eigenvalue weighted by atomic mass is 15.1. The molecule has 2 nitrogen and oxygen atoms in total. The molecule has 0 bridgehead atoms. The summed E-state index contributed by atoms with van der Waals surface area (Å²) in [5, 5.41) is 0. The molecule has 0 radical (unpaired) electrons. The maximum absolute atomic E-state index is 6.10. The third-order valence-electron chi connectivity index (χ3n) is 3.69. The van der Waals surface area contributed by atoms with Gasteiger partial charge in [0.15, 0.2) is 0 Å². The minimum atomic E-state index is 0.290. The maximum Gasteiger partial charge on any atom is 0.0399 e. The van der Waals surface area contributed by atoms with Crippen LogP contribution in [0.5, 0.6) is 0 Å². The molecule has 1 saturated heterocycles. The smallest absolute Gasteiger partial charge is 0.0399 e. The molecule has 1 heterocycles. The Morgan fingerprint density at radius 2 is 2.00 bits per heavy atom. The Kier molecular flexibility index (Phi) is 4.06. The summed E-state index contributed by atoms with van der Waals surface area (Å²) in [5.74, 6) is 0. The molecule has 1 aromatic carbocycles. The van der Waals surface area contributed by atoms with E-state index in [1.807, 2.05) is 0 Å². The van der Waals surface area contributed by atoms with Crippen molar-refractivity contribution >= 4 is 5.69 Å². The Morgan fingerprint density at radius 1 is 1.29 bits per heavy atom. The van der Waals surface area contributed by atoms with Gasteiger partial charge in [0.1, 0.15) is 0 Å². The van der Waals surface area contributed by atoms with E-state index in [1.165, 1.54) is 42.7 Å². The monoisotopic (exact) mass is 232 g/mol. The molecule has 1 aliphatic rings. The first kappa shape index (κ1) is 12.4. The fourth-order valence-corrected chi connectivity index (χ4v) is 2.57. The van der Waals surface area contributed by atoms with Crippen LogP contribution in [0, 0.1) is 6.92 Å². The molecular weight excluding hydrogens is 208 g/mol.